The van der Waals surface area contributed by atoms with Crippen LogP contribution in [0.25, 0.3) is 0 Å². The van der Waals surface area contributed by atoms with Crippen molar-refractivity contribution >= 4 is 19.9 Å². The summed E-state index contributed by atoms with van der Waals surface area (Å²) in [6.45, 7) is 3.94. The molecule has 0 heterocycles. The third-order valence-electron chi connectivity index (χ3n) is 4.47. The van der Waals surface area contributed by atoms with Crippen LogP contribution in [-0.4, -0.2) is 40.0 Å². The van der Waals surface area contributed by atoms with E-state index in [0.717, 1.165) is 38.4 Å². The summed E-state index contributed by atoms with van der Waals surface area (Å²) in [6.07, 6.45) is 6.07. The molecule has 1 aromatic rings. The number of sulfone groups is 1. The minimum atomic E-state index is -3.70. The van der Waals surface area contributed by atoms with Crippen molar-refractivity contribution in [3.8, 4) is 0 Å². The summed E-state index contributed by atoms with van der Waals surface area (Å²) in [5, 5.41) is 0. The zero-order valence-electron chi connectivity index (χ0n) is 13.9. The standard InChI is InChI=1S/C16H25NO4S2/c1-4-17(14-8-6-5-7-9-14)23(20,21)16-12-15(22(3,18)19)11-10-13(16)2/h10-12,14H,4-9H2,1-3H3. The van der Waals surface area contributed by atoms with Crippen LogP contribution < -0.4 is 0 Å². The highest BCUT2D eigenvalue weighted by molar-refractivity contribution is 7.91. The fourth-order valence-electron chi connectivity index (χ4n) is 3.21. The van der Waals surface area contributed by atoms with Crippen molar-refractivity contribution in [2.75, 3.05) is 12.8 Å². The molecule has 1 aromatic carbocycles. The van der Waals surface area contributed by atoms with Crippen LogP contribution in [0.4, 0.5) is 0 Å². The maximum Gasteiger partial charge on any atom is 0.243 e. The summed E-state index contributed by atoms with van der Waals surface area (Å²) in [6, 6.07) is 4.34. The number of rotatable bonds is 5. The van der Waals surface area contributed by atoms with Gasteiger partial charge in [0, 0.05) is 18.8 Å². The molecule has 23 heavy (non-hydrogen) atoms. The van der Waals surface area contributed by atoms with E-state index < -0.39 is 19.9 Å². The normalized spacial score (nSPS) is 17.6. The largest absolute Gasteiger partial charge is 0.243 e. The van der Waals surface area contributed by atoms with Crippen LogP contribution in [0, 0.1) is 6.92 Å². The Balaban J connectivity index is 2.49. The van der Waals surface area contributed by atoms with E-state index in [1.54, 1.807) is 17.3 Å². The van der Waals surface area contributed by atoms with Crippen LogP contribution >= 0.6 is 0 Å². The second-order valence-electron chi connectivity index (χ2n) is 6.20. The number of nitrogens with zero attached hydrogens (tertiary/aromatic N) is 1. The van der Waals surface area contributed by atoms with E-state index in [0.29, 0.717) is 12.1 Å². The van der Waals surface area contributed by atoms with E-state index in [4.69, 9.17) is 0 Å². The molecule has 0 unspecified atom stereocenters. The molecule has 0 aliphatic heterocycles. The van der Waals surface area contributed by atoms with Gasteiger partial charge in [0.1, 0.15) is 0 Å². The molecule has 0 saturated heterocycles. The van der Waals surface area contributed by atoms with Gasteiger partial charge in [-0.25, -0.2) is 16.8 Å². The molecule has 5 nitrogen and oxygen atoms in total. The molecule has 0 aromatic heterocycles. The topological polar surface area (TPSA) is 71.5 Å². The van der Waals surface area contributed by atoms with Crippen molar-refractivity contribution in [3.63, 3.8) is 0 Å². The molecule has 1 aliphatic rings. The highest BCUT2D eigenvalue weighted by atomic mass is 32.2. The first-order valence-electron chi connectivity index (χ1n) is 8.00. The lowest BCUT2D eigenvalue weighted by molar-refractivity contribution is 0.261. The van der Waals surface area contributed by atoms with E-state index in [1.807, 2.05) is 6.92 Å². The van der Waals surface area contributed by atoms with Gasteiger partial charge in [-0.3, -0.25) is 0 Å². The predicted octanol–water partition coefficient (Wildman–Crippen LogP) is 2.74. The lowest BCUT2D eigenvalue weighted by Crippen LogP contribution is -2.41. The van der Waals surface area contributed by atoms with Crippen molar-refractivity contribution in [1.29, 1.82) is 0 Å². The molecular weight excluding hydrogens is 334 g/mol. The highest BCUT2D eigenvalue weighted by Gasteiger charge is 2.32. The van der Waals surface area contributed by atoms with Gasteiger partial charge in [-0.1, -0.05) is 32.3 Å². The molecule has 2 rings (SSSR count). The Bertz CT molecular complexity index is 763. The molecule has 1 saturated carbocycles. The Labute approximate surface area is 139 Å². The zero-order valence-corrected chi connectivity index (χ0v) is 15.6. The van der Waals surface area contributed by atoms with E-state index in [-0.39, 0.29) is 15.8 Å². The van der Waals surface area contributed by atoms with Crippen LogP contribution in [0.15, 0.2) is 28.0 Å². The Morgan fingerprint density at radius 3 is 2.22 bits per heavy atom. The molecule has 0 atom stereocenters. The lowest BCUT2D eigenvalue weighted by atomic mass is 9.95. The second-order valence-corrected chi connectivity index (χ2v) is 10.1. The fraction of sp³-hybridized carbons (Fsp3) is 0.625. The number of hydrogen-bond donors (Lipinski definition) is 0. The minimum Gasteiger partial charge on any atom is -0.224 e. The Morgan fingerprint density at radius 1 is 1.09 bits per heavy atom. The first kappa shape index (κ1) is 18.4. The molecule has 0 N–H and O–H groups in total. The lowest BCUT2D eigenvalue weighted by Gasteiger charge is -2.33. The fourth-order valence-corrected chi connectivity index (χ4v) is 5.88. The molecule has 130 valence electrons. The van der Waals surface area contributed by atoms with Crippen molar-refractivity contribution in [3.05, 3.63) is 23.8 Å². The van der Waals surface area contributed by atoms with Gasteiger partial charge in [0.25, 0.3) is 0 Å². The number of aryl methyl sites for hydroxylation is 1. The van der Waals surface area contributed by atoms with Gasteiger partial charge < -0.3 is 0 Å². The monoisotopic (exact) mass is 359 g/mol. The van der Waals surface area contributed by atoms with E-state index in [9.17, 15) is 16.8 Å². The van der Waals surface area contributed by atoms with Crippen LogP contribution in [0.5, 0.6) is 0 Å². The smallest absolute Gasteiger partial charge is 0.224 e. The molecule has 1 fully saturated rings. The number of benzene rings is 1. The van der Waals surface area contributed by atoms with Crippen LogP contribution in [0.2, 0.25) is 0 Å². The maximum atomic E-state index is 13.1. The summed E-state index contributed by atoms with van der Waals surface area (Å²) in [5.74, 6) is 0. The van der Waals surface area contributed by atoms with Gasteiger partial charge in [0.15, 0.2) is 9.84 Å². The van der Waals surface area contributed by atoms with E-state index in [1.165, 1.54) is 12.1 Å². The van der Waals surface area contributed by atoms with Crippen molar-refractivity contribution in [2.24, 2.45) is 0 Å². The van der Waals surface area contributed by atoms with Crippen LogP contribution in [-0.2, 0) is 19.9 Å². The average Bonchev–Trinajstić information content (AvgIpc) is 2.47. The summed E-state index contributed by atoms with van der Waals surface area (Å²) in [7, 11) is -7.14. The second kappa shape index (κ2) is 6.91. The summed E-state index contributed by atoms with van der Waals surface area (Å²) < 4.78 is 51.2. The van der Waals surface area contributed by atoms with Crippen molar-refractivity contribution in [2.45, 2.75) is 61.8 Å². The number of sulfonamides is 1. The van der Waals surface area contributed by atoms with Gasteiger partial charge in [-0.05, 0) is 37.5 Å². The molecule has 0 radical (unpaired) electrons. The molecule has 0 bridgehead atoms. The van der Waals surface area contributed by atoms with E-state index >= 15 is 0 Å². The Hall–Kier alpha value is -0.920. The van der Waals surface area contributed by atoms with Crippen LogP contribution in [0.3, 0.4) is 0 Å². The summed E-state index contributed by atoms with van der Waals surface area (Å²) in [5.41, 5.74) is 0.576. The van der Waals surface area contributed by atoms with Gasteiger partial charge in [0.05, 0.1) is 9.79 Å². The summed E-state index contributed by atoms with van der Waals surface area (Å²) in [4.78, 5) is 0.147. The molecule has 0 spiro atoms. The first-order chi connectivity index (χ1) is 10.7. The Morgan fingerprint density at radius 2 is 1.70 bits per heavy atom. The van der Waals surface area contributed by atoms with Crippen LogP contribution in [0.1, 0.15) is 44.6 Å². The maximum absolute atomic E-state index is 13.1. The minimum absolute atomic E-state index is 0.0139. The van der Waals surface area contributed by atoms with Gasteiger partial charge in [-0.15, -0.1) is 0 Å². The third kappa shape index (κ3) is 3.95. The number of hydrogen-bond acceptors (Lipinski definition) is 4. The predicted molar refractivity (Wildman–Crippen MR) is 90.7 cm³/mol. The van der Waals surface area contributed by atoms with Crippen molar-refractivity contribution in [1.82, 2.24) is 4.31 Å². The quantitative estimate of drug-likeness (QED) is 0.810. The van der Waals surface area contributed by atoms with Gasteiger partial charge >= 0.3 is 0 Å². The summed E-state index contributed by atoms with van der Waals surface area (Å²) >= 11 is 0. The van der Waals surface area contributed by atoms with E-state index in [2.05, 4.69) is 0 Å². The Kier molecular flexibility index (Phi) is 5.53. The van der Waals surface area contributed by atoms with Gasteiger partial charge in [-0.2, -0.15) is 4.31 Å². The highest BCUT2D eigenvalue weighted by Crippen LogP contribution is 2.30. The molecule has 0 amide bonds. The SMILES string of the molecule is CCN(C1CCCCC1)S(=O)(=O)c1cc(S(C)(=O)=O)ccc1C. The molecule has 7 heteroatoms. The average molecular weight is 360 g/mol. The first-order valence-corrected chi connectivity index (χ1v) is 11.3. The van der Waals surface area contributed by atoms with Crippen molar-refractivity contribution < 1.29 is 16.8 Å². The zero-order chi connectivity index (χ0) is 17.3. The third-order valence-corrected chi connectivity index (χ3v) is 7.75. The molecule has 1 aliphatic carbocycles. The van der Waals surface area contributed by atoms with Gasteiger partial charge in [0.2, 0.25) is 10.0 Å². The molecular formula is C16H25NO4S2.